The summed E-state index contributed by atoms with van der Waals surface area (Å²) in [6.07, 6.45) is 0.782. The molecular formula is C18H27N7. The van der Waals surface area contributed by atoms with E-state index in [0.717, 1.165) is 58.4 Å². The average Bonchev–Trinajstić information content (AvgIpc) is 3.06. The highest BCUT2D eigenvalue weighted by molar-refractivity contribution is 5.89. The molecule has 0 atom stereocenters. The Balaban J connectivity index is 2.19. The van der Waals surface area contributed by atoms with Crippen LogP contribution in [-0.4, -0.2) is 29.5 Å². The van der Waals surface area contributed by atoms with Crippen LogP contribution in [0.3, 0.4) is 0 Å². The number of hydrogen-bond acceptors (Lipinski definition) is 5. The number of hydrogen-bond donors (Lipinski definition) is 1. The summed E-state index contributed by atoms with van der Waals surface area (Å²) in [7, 11) is 0. The van der Waals surface area contributed by atoms with Gasteiger partial charge in [-0.25, -0.2) is 9.97 Å². The number of rotatable bonds is 5. The predicted molar refractivity (Wildman–Crippen MR) is 100 cm³/mol. The average molecular weight is 341 g/mol. The predicted octanol–water partition coefficient (Wildman–Crippen LogP) is 3.85. The van der Waals surface area contributed by atoms with Crippen LogP contribution in [0, 0.1) is 20.8 Å². The molecule has 0 aromatic carbocycles. The van der Waals surface area contributed by atoms with E-state index in [-0.39, 0.29) is 0 Å². The fourth-order valence-corrected chi connectivity index (χ4v) is 3.22. The van der Waals surface area contributed by atoms with E-state index in [0.29, 0.717) is 6.04 Å². The molecule has 7 heteroatoms. The zero-order chi connectivity index (χ0) is 18.3. The van der Waals surface area contributed by atoms with Gasteiger partial charge in [0.05, 0.1) is 22.8 Å². The van der Waals surface area contributed by atoms with Gasteiger partial charge in [0.25, 0.3) is 0 Å². The molecule has 0 aliphatic carbocycles. The number of aromatic nitrogens is 6. The van der Waals surface area contributed by atoms with Gasteiger partial charge in [-0.2, -0.15) is 10.2 Å². The first-order valence-electron chi connectivity index (χ1n) is 8.94. The molecule has 3 heterocycles. The van der Waals surface area contributed by atoms with E-state index in [1.54, 1.807) is 0 Å². The highest BCUT2D eigenvalue weighted by Crippen LogP contribution is 2.30. The molecular weight excluding hydrogens is 314 g/mol. The quantitative estimate of drug-likeness (QED) is 0.763. The van der Waals surface area contributed by atoms with Crippen LogP contribution in [0.25, 0.3) is 11.0 Å². The first-order chi connectivity index (χ1) is 11.9. The zero-order valence-corrected chi connectivity index (χ0v) is 16.2. The summed E-state index contributed by atoms with van der Waals surface area (Å²) in [6.45, 7) is 15.3. The van der Waals surface area contributed by atoms with Gasteiger partial charge in [-0.3, -0.25) is 9.36 Å². The lowest BCUT2D eigenvalue weighted by molar-refractivity contribution is 0.516. The second-order valence-corrected chi connectivity index (χ2v) is 6.65. The molecule has 0 saturated heterocycles. The highest BCUT2D eigenvalue weighted by Gasteiger charge is 2.19. The number of nitrogens with zero attached hydrogens (tertiary/aromatic N) is 6. The van der Waals surface area contributed by atoms with Crippen molar-refractivity contribution in [1.29, 1.82) is 0 Å². The monoisotopic (exact) mass is 341 g/mol. The summed E-state index contributed by atoms with van der Waals surface area (Å²) in [6, 6.07) is 0.314. The SMILES string of the molecule is CCc1nc(Nc2c(C)nn(C(C)C)c2C)c2c(n1)c(C)nn2CC. The Hall–Kier alpha value is -2.44. The molecule has 0 radical (unpaired) electrons. The molecule has 0 aliphatic heterocycles. The molecule has 0 spiro atoms. The van der Waals surface area contributed by atoms with Crippen molar-refractivity contribution in [3.05, 3.63) is 22.9 Å². The van der Waals surface area contributed by atoms with Gasteiger partial charge in [-0.1, -0.05) is 6.92 Å². The first-order valence-corrected chi connectivity index (χ1v) is 8.94. The van der Waals surface area contributed by atoms with Crippen molar-refractivity contribution < 1.29 is 0 Å². The van der Waals surface area contributed by atoms with E-state index >= 15 is 0 Å². The van der Waals surface area contributed by atoms with Crippen molar-refractivity contribution >= 4 is 22.5 Å². The van der Waals surface area contributed by atoms with Crippen LogP contribution in [-0.2, 0) is 13.0 Å². The summed E-state index contributed by atoms with van der Waals surface area (Å²) in [5, 5.41) is 12.8. The van der Waals surface area contributed by atoms with Crippen molar-refractivity contribution in [2.75, 3.05) is 5.32 Å². The number of fused-ring (bicyclic) bond motifs is 1. The normalized spacial score (nSPS) is 11.7. The summed E-state index contributed by atoms with van der Waals surface area (Å²) in [4.78, 5) is 9.44. The molecule has 3 aromatic heterocycles. The lowest BCUT2D eigenvalue weighted by atomic mass is 10.2. The molecule has 0 amide bonds. The van der Waals surface area contributed by atoms with Gasteiger partial charge in [0.1, 0.15) is 16.9 Å². The number of nitrogens with one attached hydrogen (secondary N) is 1. The first kappa shape index (κ1) is 17.4. The Morgan fingerprint density at radius 2 is 1.72 bits per heavy atom. The Kier molecular flexibility index (Phi) is 4.49. The summed E-state index contributed by atoms with van der Waals surface area (Å²) >= 11 is 0. The van der Waals surface area contributed by atoms with Gasteiger partial charge < -0.3 is 5.32 Å². The van der Waals surface area contributed by atoms with E-state index in [1.165, 1.54) is 0 Å². The Labute approximate surface area is 148 Å². The summed E-state index contributed by atoms with van der Waals surface area (Å²) < 4.78 is 4.00. The van der Waals surface area contributed by atoms with Crippen molar-refractivity contribution in [3.63, 3.8) is 0 Å². The smallest absolute Gasteiger partial charge is 0.160 e. The van der Waals surface area contributed by atoms with Gasteiger partial charge in [-0.15, -0.1) is 0 Å². The Bertz CT molecular complexity index is 918. The van der Waals surface area contributed by atoms with Crippen molar-refractivity contribution in [2.45, 2.75) is 67.5 Å². The topological polar surface area (TPSA) is 73.5 Å². The maximum atomic E-state index is 4.75. The van der Waals surface area contributed by atoms with E-state index < -0.39 is 0 Å². The molecule has 7 nitrogen and oxygen atoms in total. The third-order valence-corrected chi connectivity index (χ3v) is 4.48. The van der Waals surface area contributed by atoms with Crippen LogP contribution in [0.15, 0.2) is 0 Å². The third kappa shape index (κ3) is 2.88. The number of aryl methyl sites for hydroxylation is 4. The lowest BCUT2D eigenvalue weighted by Crippen LogP contribution is -2.07. The van der Waals surface area contributed by atoms with Crippen LogP contribution in [0.4, 0.5) is 11.5 Å². The van der Waals surface area contributed by atoms with E-state index in [1.807, 2.05) is 23.2 Å². The minimum absolute atomic E-state index is 0.314. The fourth-order valence-electron chi connectivity index (χ4n) is 3.22. The standard InChI is InChI=1S/C18H27N7/c1-8-14-19-16-12(6)22-24(9-2)17(16)18(20-14)21-15-11(5)23-25(10(3)4)13(15)7/h10H,8-9H2,1-7H3,(H,19,20,21). The van der Waals surface area contributed by atoms with E-state index in [9.17, 15) is 0 Å². The fraction of sp³-hybridized carbons (Fsp3) is 0.556. The molecule has 134 valence electrons. The van der Waals surface area contributed by atoms with E-state index in [2.05, 4.69) is 55.1 Å². The highest BCUT2D eigenvalue weighted by atomic mass is 15.3. The third-order valence-electron chi connectivity index (χ3n) is 4.48. The van der Waals surface area contributed by atoms with Crippen LogP contribution >= 0.6 is 0 Å². The summed E-state index contributed by atoms with van der Waals surface area (Å²) in [5.41, 5.74) is 5.89. The molecule has 25 heavy (non-hydrogen) atoms. The maximum absolute atomic E-state index is 4.75. The van der Waals surface area contributed by atoms with Gasteiger partial charge in [0, 0.05) is 19.0 Å². The van der Waals surface area contributed by atoms with Gasteiger partial charge >= 0.3 is 0 Å². The second kappa shape index (κ2) is 6.46. The Morgan fingerprint density at radius 1 is 1.00 bits per heavy atom. The lowest BCUT2D eigenvalue weighted by Gasteiger charge is -2.12. The number of anilines is 2. The molecule has 0 aliphatic rings. The minimum atomic E-state index is 0.314. The molecule has 0 bridgehead atoms. The van der Waals surface area contributed by atoms with Gasteiger partial charge in [0.15, 0.2) is 5.82 Å². The largest absolute Gasteiger partial charge is 0.335 e. The van der Waals surface area contributed by atoms with E-state index in [4.69, 9.17) is 4.98 Å². The molecule has 3 aromatic rings. The molecule has 3 rings (SSSR count). The maximum Gasteiger partial charge on any atom is 0.160 e. The minimum Gasteiger partial charge on any atom is -0.335 e. The van der Waals surface area contributed by atoms with Crippen molar-refractivity contribution in [1.82, 2.24) is 29.5 Å². The van der Waals surface area contributed by atoms with Crippen LogP contribution < -0.4 is 5.32 Å². The van der Waals surface area contributed by atoms with Crippen molar-refractivity contribution in [3.8, 4) is 0 Å². The molecule has 0 saturated carbocycles. The van der Waals surface area contributed by atoms with Crippen molar-refractivity contribution in [2.24, 2.45) is 0 Å². The van der Waals surface area contributed by atoms with Gasteiger partial charge in [-0.05, 0) is 41.5 Å². The van der Waals surface area contributed by atoms with Gasteiger partial charge in [0.2, 0.25) is 0 Å². The molecule has 0 unspecified atom stereocenters. The van der Waals surface area contributed by atoms with Crippen LogP contribution in [0.2, 0.25) is 0 Å². The van der Waals surface area contributed by atoms with Crippen LogP contribution in [0.5, 0.6) is 0 Å². The summed E-state index contributed by atoms with van der Waals surface area (Å²) in [5.74, 6) is 1.62. The second-order valence-electron chi connectivity index (χ2n) is 6.65. The Morgan fingerprint density at radius 3 is 2.28 bits per heavy atom. The van der Waals surface area contributed by atoms with Crippen LogP contribution in [0.1, 0.15) is 56.6 Å². The molecule has 0 fully saturated rings. The molecule has 1 N–H and O–H groups in total. The zero-order valence-electron chi connectivity index (χ0n) is 16.2.